The number of halogens is 1. The minimum absolute atomic E-state index is 0.0315. The van der Waals surface area contributed by atoms with Gasteiger partial charge in [0, 0.05) is 6.54 Å². The number of benzene rings is 4. The van der Waals surface area contributed by atoms with Gasteiger partial charge in [-0.15, -0.1) is 0 Å². The number of anilines is 3. The molecule has 0 atom stereocenters. The van der Waals surface area contributed by atoms with Crippen LogP contribution in [-0.4, -0.2) is 36.4 Å². The fraction of sp³-hybridized carbons (Fsp3) is 0.138. The van der Waals surface area contributed by atoms with Crippen molar-refractivity contribution in [3.05, 3.63) is 108 Å². The molecule has 0 aromatic heterocycles. The Bertz CT molecular complexity index is 1800. The maximum Gasteiger partial charge on any atom is 0.264 e. The topological polar surface area (TPSA) is 122 Å². The molecule has 0 fully saturated rings. The number of hydrogen-bond donors (Lipinski definition) is 2. The summed E-state index contributed by atoms with van der Waals surface area (Å²) in [5.74, 6) is -1.07. The fourth-order valence-electron chi connectivity index (χ4n) is 4.11. The normalized spacial score (nSPS) is 11.5. The van der Waals surface area contributed by atoms with Crippen LogP contribution in [0.3, 0.4) is 0 Å². The van der Waals surface area contributed by atoms with Crippen LogP contribution in [-0.2, 0) is 20.0 Å². The molecule has 12 heteroatoms. The van der Waals surface area contributed by atoms with Crippen molar-refractivity contribution in [3.8, 4) is 5.75 Å². The average Bonchev–Trinajstić information content (AvgIpc) is 2.95. The quantitative estimate of drug-likeness (QED) is 0.252. The van der Waals surface area contributed by atoms with Gasteiger partial charge in [-0.25, -0.2) is 21.2 Å². The zero-order valence-corrected chi connectivity index (χ0v) is 24.1. The monoisotopic (exact) mass is 597 g/mol. The van der Waals surface area contributed by atoms with Crippen LogP contribution in [0.5, 0.6) is 5.75 Å². The molecule has 0 radical (unpaired) electrons. The van der Waals surface area contributed by atoms with E-state index in [1.54, 1.807) is 49.4 Å². The van der Waals surface area contributed by atoms with Crippen molar-refractivity contribution in [2.24, 2.45) is 0 Å². The summed E-state index contributed by atoms with van der Waals surface area (Å²) in [6.45, 7) is 3.32. The number of aryl methyl sites for hydroxylation is 1. The van der Waals surface area contributed by atoms with E-state index in [0.717, 1.165) is 12.1 Å². The summed E-state index contributed by atoms with van der Waals surface area (Å²) in [5.41, 5.74) is 0.624. The Labute approximate surface area is 238 Å². The van der Waals surface area contributed by atoms with Crippen LogP contribution in [0.15, 0.2) is 101 Å². The summed E-state index contributed by atoms with van der Waals surface area (Å²) in [7, 11) is -6.81. The van der Waals surface area contributed by atoms with E-state index in [-0.39, 0.29) is 44.6 Å². The summed E-state index contributed by atoms with van der Waals surface area (Å²) < 4.78 is 75.7. The second kappa shape index (κ2) is 12.0. The number of rotatable bonds is 10. The molecular weight excluding hydrogens is 569 g/mol. The van der Waals surface area contributed by atoms with Crippen molar-refractivity contribution < 1.29 is 30.8 Å². The molecule has 9 nitrogen and oxygen atoms in total. The highest BCUT2D eigenvalue weighted by Gasteiger charge is 2.26. The van der Waals surface area contributed by atoms with Crippen LogP contribution in [0.1, 0.15) is 22.8 Å². The molecule has 0 aliphatic carbocycles. The SMILES string of the molecule is CCN(c1ccccc1)S(=O)(=O)c1ccc(OC)c(NC(=O)c2ccccc2NS(=O)(=O)c2ccc(F)c(C)c2)c1. The number of carbonyl (C=O) groups is 1. The first kappa shape index (κ1) is 29.6. The van der Waals surface area contributed by atoms with Gasteiger partial charge in [0.15, 0.2) is 0 Å². The molecule has 0 aliphatic heterocycles. The molecule has 1 amide bonds. The number of methoxy groups -OCH3 is 1. The Morgan fingerprint density at radius 1 is 0.854 bits per heavy atom. The Morgan fingerprint density at radius 2 is 1.51 bits per heavy atom. The molecule has 0 unspecified atom stereocenters. The average molecular weight is 598 g/mol. The van der Waals surface area contributed by atoms with E-state index in [1.165, 1.54) is 54.7 Å². The van der Waals surface area contributed by atoms with Gasteiger partial charge in [-0.05, 0) is 80.1 Å². The van der Waals surface area contributed by atoms with E-state index in [4.69, 9.17) is 4.74 Å². The zero-order chi connectivity index (χ0) is 29.8. The van der Waals surface area contributed by atoms with Crippen LogP contribution in [0.2, 0.25) is 0 Å². The highest BCUT2D eigenvalue weighted by Crippen LogP contribution is 2.32. The van der Waals surface area contributed by atoms with E-state index in [9.17, 15) is 26.0 Å². The van der Waals surface area contributed by atoms with Gasteiger partial charge in [0.05, 0.1) is 39.5 Å². The van der Waals surface area contributed by atoms with Gasteiger partial charge in [-0.2, -0.15) is 0 Å². The Balaban J connectivity index is 1.66. The Morgan fingerprint density at radius 3 is 2.17 bits per heavy atom. The molecule has 0 saturated heterocycles. The predicted molar refractivity (Wildman–Crippen MR) is 156 cm³/mol. The Kier molecular flexibility index (Phi) is 8.64. The van der Waals surface area contributed by atoms with E-state index >= 15 is 0 Å². The summed E-state index contributed by atoms with van der Waals surface area (Å²) >= 11 is 0. The minimum atomic E-state index is -4.17. The van der Waals surface area contributed by atoms with Gasteiger partial charge < -0.3 is 10.1 Å². The van der Waals surface area contributed by atoms with Crippen molar-refractivity contribution in [1.29, 1.82) is 0 Å². The lowest BCUT2D eigenvalue weighted by molar-refractivity contribution is 0.102. The van der Waals surface area contributed by atoms with Gasteiger partial charge in [0.2, 0.25) is 0 Å². The van der Waals surface area contributed by atoms with Crippen molar-refractivity contribution in [3.63, 3.8) is 0 Å². The molecule has 0 saturated carbocycles. The maximum atomic E-state index is 13.7. The van der Waals surface area contributed by atoms with Gasteiger partial charge in [0.1, 0.15) is 11.6 Å². The van der Waals surface area contributed by atoms with E-state index < -0.39 is 31.8 Å². The van der Waals surface area contributed by atoms with Crippen LogP contribution < -0.4 is 19.1 Å². The van der Waals surface area contributed by atoms with E-state index in [1.807, 2.05) is 0 Å². The molecule has 2 N–H and O–H groups in total. The van der Waals surface area contributed by atoms with Crippen LogP contribution in [0, 0.1) is 12.7 Å². The van der Waals surface area contributed by atoms with Crippen LogP contribution in [0.25, 0.3) is 0 Å². The summed E-state index contributed by atoms with van der Waals surface area (Å²) in [6, 6.07) is 21.9. The maximum absolute atomic E-state index is 13.7. The number of para-hydroxylation sites is 2. The summed E-state index contributed by atoms with van der Waals surface area (Å²) in [6.07, 6.45) is 0. The van der Waals surface area contributed by atoms with Crippen molar-refractivity contribution in [2.45, 2.75) is 23.6 Å². The molecule has 0 bridgehead atoms. The van der Waals surface area contributed by atoms with Crippen LogP contribution in [0.4, 0.5) is 21.5 Å². The first-order chi connectivity index (χ1) is 19.5. The largest absolute Gasteiger partial charge is 0.495 e. The smallest absolute Gasteiger partial charge is 0.264 e. The van der Waals surface area contributed by atoms with Gasteiger partial charge >= 0.3 is 0 Å². The summed E-state index contributed by atoms with van der Waals surface area (Å²) in [4.78, 5) is 13.1. The highest BCUT2D eigenvalue weighted by molar-refractivity contribution is 7.93. The predicted octanol–water partition coefficient (Wildman–Crippen LogP) is 5.41. The molecule has 0 spiro atoms. The van der Waals surface area contributed by atoms with Crippen molar-refractivity contribution in [1.82, 2.24) is 0 Å². The van der Waals surface area contributed by atoms with Crippen molar-refractivity contribution in [2.75, 3.05) is 28.0 Å². The molecule has 4 rings (SSSR count). The van der Waals surface area contributed by atoms with E-state index in [0.29, 0.717) is 5.69 Å². The molecule has 41 heavy (non-hydrogen) atoms. The molecule has 214 valence electrons. The highest BCUT2D eigenvalue weighted by atomic mass is 32.2. The second-order valence-corrected chi connectivity index (χ2v) is 12.4. The lowest BCUT2D eigenvalue weighted by Gasteiger charge is -2.23. The number of amides is 1. The third-order valence-electron chi connectivity index (χ3n) is 6.19. The first-order valence-electron chi connectivity index (χ1n) is 12.4. The van der Waals surface area contributed by atoms with E-state index in [2.05, 4.69) is 10.0 Å². The summed E-state index contributed by atoms with van der Waals surface area (Å²) in [5, 5.41) is 2.64. The number of nitrogens with zero attached hydrogens (tertiary/aromatic N) is 1. The number of carbonyl (C=O) groups excluding carboxylic acids is 1. The van der Waals surface area contributed by atoms with Crippen LogP contribution >= 0.6 is 0 Å². The molecule has 0 aliphatic rings. The Hall–Kier alpha value is -4.42. The number of sulfonamides is 2. The standard InChI is InChI=1S/C29H28FN3O6S2/c1-4-33(21-10-6-5-7-11-21)41(37,38)23-15-17-28(39-3)27(19-23)31-29(34)24-12-8-9-13-26(24)32-40(35,36)22-14-16-25(30)20(2)18-22/h5-19,32H,4H2,1-3H3,(H,31,34). The fourth-order valence-corrected chi connectivity index (χ4v) is 6.77. The van der Waals surface area contributed by atoms with Crippen molar-refractivity contribution >= 4 is 43.0 Å². The zero-order valence-electron chi connectivity index (χ0n) is 22.5. The lowest BCUT2D eigenvalue weighted by Crippen LogP contribution is -2.30. The molecular formula is C29H28FN3O6S2. The third kappa shape index (κ3) is 6.34. The molecule has 4 aromatic carbocycles. The van der Waals surface area contributed by atoms with Gasteiger partial charge in [-0.3, -0.25) is 13.8 Å². The molecule has 4 aromatic rings. The molecule has 0 heterocycles. The third-order valence-corrected chi connectivity index (χ3v) is 9.46. The minimum Gasteiger partial charge on any atom is -0.495 e. The number of nitrogens with one attached hydrogen (secondary N) is 2. The van der Waals surface area contributed by atoms with Gasteiger partial charge in [-0.1, -0.05) is 30.3 Å². The second-order valence-electron chi connectivity index (χ2n) is 8.88. The lowest BCUT2D eigenvalue weighted by atomic mass is 10.1. The first-order valence-corrected chi connectivity index (χ1v) is 15.4. The number of hydrogen-bond acceptors (Lipinski definition) is 6. The van der Waals surface area contributed by atoms with Gasteiger partial charge in [0.25, 0.3) is 26.0 Å². The number of ether oxygens (including phenoxy) is 1.